The number of hydrogen-bond donors (Lipinski definition) is 2. The molecule has 0 aromatic heterocycles. The predicted octanol–water partition coefficient (Wildman–Crippen LogP) is 0.384. The second-order valence-electron chi connectivity index (χ2n) is 4.19. The summed E-state index contributed by atoms with van der Waals surface area (Å²) in [6, 6.07) is 6.65. The molecule has 0 aliphatic carbocycles. The van der Waals surface area contributed by atoms with Gasteiger partial charge in [0.2, 0.25) is 5.91 Å². The van der Waals surface area contributed by atoms with Gasteiger partial charge in [0.15, 0.2) is 9.84 Å². The van der Waals surface area contributed by atoms with Crippen molar-refractivity contribution in [3.63, 3.8) is 0 Å². The number of benzene rings is 1. The highest BCUT2D eigenvalue weighted by Gasteiger charge is 2.27. The lowest BCUT2D eigenvalue weighted by atomic mass is 10.2. The molecule has 1 amide bonds. The van der Waals surface area contributed by atoms with Crippen molar-refractivity contribution in [2.75, 3.05) is 16.8 Å². The Morgan fingerprint density at radius 3 is 2.41 bits per heavy atom. The van der Waals surface area contributed by atoms with Gasteiger partial charge in [0.1, 0.15) is 0 Å². The topological polar surface area (TPSA) is 89.3 Å². The first-order chi connectivity index (χ1) is 7.96. The van der Waals surface area contributed by atoms with Gasteiger partial charge in [-0.3, -0.25) is 4.79 Å². The Labute approximate surface area is 99.9 Å². The van der Waals surface area contributed by atoms with E-state index >= 15 is 0 Å². The first kappa shape index (κ1) is 11.9. The Balaban J connectivity index is 2.03. The van der Waals surface area contributed by atoms with Crippen LogP contribution in [0.25, 0.3) is 0 Å². The minimum Gasteiger partial charge on any atom is -0.381 e. The van der Waals surface area contributed by atoms with Crippen molar-refractivity contribution in [1.29, 1.82) is 0 Å². The van der Waals surface area contributed by atoms with Crippen LogP contribution in [0.1, 0.15) is 16.8 Å². The average Bonchev–Trinajstić information content (AvgIpc) is 2.59. The summed E-state index contributed by atoms with van der Waals surface area (Å²) < 4.78 is 22.5. The maximum absolute atomic E-state index is 11.3. The third kappa shape index (κ3) is 2.97. The van der Waals surface area contributed by atoms with Gasteiger partial charge in [-0.2, -0.15) is 0 Å². The van der Waals surface area contributed by atoms with E-state index in [2.05, 4.69) is 5.32 Å². The van der Waals surface area contributed by atoms with E-state index in [1.165, 1.54) is 0 Å². The average molecular weight is 254 g/mol. The van der Waals surface area contributed by atoms with Gasteiger partial charge in [-0.25, -0.2) is 8.42 Å². The van der Waals surface area contributed by atoms with Crippen LogP contribution in [0.4, 0.5) is 5.69 Å². The summed E-state index contributed by atoms with van der Waals surface area (Å²) in [6.07, 6.45) is 0.625. The van der Waals surface area contributed by atoms with E-state index in [-0.39, 0.29) is 17.5 Å². The number of rotatable bonds is 3. The number of carbonyl (C=O) groups excluding carboxylic acids is 1. The maximum atomic E-state index is 11.3. The van der Waals surface area contributed by atoms with Crippen molar-refractivity contribution in [1.82, 2.24) is 0 Å². The van der Waals surface area contributed by atoms with E-state index < -0.39 is 15.7 Å². The molecule has 3 N–H and O–H groups in total. The Bertz CT molecular complexity index is 522. The Morgan fingerprint density at radius 2 is 1.94 bits per heavy atom. The number of nitrogens with two attached hydrogens (primary N) is 1. The summed E-state index contributed by atoms with van der Waals surface area (Å²) >= 11 is 0. The van der Waals surface area contributed by atoms with Gasteiger partial charge in [-0.15, -0.1) is 0 Å². The largest absolute Gasteiger partial charge is 0.381 e. The van der Waals surface area contributed by atoms with Gasteiger partial charge >= 0.3 is 0 Å². The van der Waals surface area contributed by atoms with Gasteiger partial charge in [0.05, 0.1) is 11.5 Å². The van der Waals surface area contributed by atoms with Crippen LogP contribution in [0.5, 0.6) is 0 Å². The number of sulfone groups is 1. The van der Waals surface area contributed by atoms with Crippen molar-refractivity contribution in [3.05, 3.63) is 29.8 Å². The van der Waals surface area contributed by atoms with Crippen LogP contribution >= 0.6 is 0 Å². The zero-order chi connectivity index (χ0) is 12.5. The van der Waals surface area contributed by atoms with Gasteiger partial charge in [-0.05, 0) is 30.7 Å². The fourth-order valence-electron chi connectivity index (χ4n) is 1.88. The molecule has 1 saturated heterocycles. The molecule has 6 heteroatoms. The number of amides is 1. The fraction of sp³-hybridized carbons (Fsp3) is 0.364. The van der Waals surface area contributed by atoms with E-state index in [1.54, 1.807) is 24.3 Å². The SMILES string of the molecule is NC(=O)c1ccc(NC2CCS(=O)(=O)C2)cc1. The van der Waals surface area contributed by atoms with Gasteiger partial charge in [0, 0.05) is 17.3 Å². The Morgan fingerprint density at radius 1 is 1.29 bits per heavy atom. The first-order valence-electron chi connectivity index (χ1n) is 5.33. The number of carbonyl (C=O) groups is 1. The molecule has 0 spiro atoms. The predicted molar refractivity (Wildman–Crippen MR) is 65.6 cm³/mol. The molecule has 1 atom stereocenters. The van der Waals surface area contributed by atoms with Gasteiger partial charge in [-0.1, -0.05) is 0 Å². The fourth-order valence-corrected chi connectivity index (χ4v) is 3.55. The smallest absolute Gasteiger partial charge is 0.248 e. The van der Waals surface area contributed by atoms with Crippen LogP contribution in [-0.2, 0) is 9.84 Å². The molecule has 1 heterocycles. The third-order valence-electron chi connectivity index (χ3n) is 2.77. The number of nitrogens with one attached hydrogen (secondary N) is 1. The number of anilines is 1. The molecule has 1 aromatic carbocycles. The van der Waals surface area contributed by atoms with E-state index in [9.17, 15) is 13.2 Å². The lowest BCUT2D eigenvalue weighted by Gasteiger charge is -2.12. The van der Waals surface area contributed by atoms with E-state index in [0.29, 0.717) is 12.0 Å². The minimum absolute atomic E-state index is 0.0422. The van der Waals surface area contributed by atoms with Crippen molar-refractivity contribution in [3.8, 4) is 0 Å². The molecule has 2 rings (SSSR count). The van der Waals surface area contributed by atoms with Crippen molar-refractivity contribution >= 4 is 21.4 Å². The van der Waals surface area contributed by atoms with E-state index in [4.69, 9.17) is 5.73 Å². The molecule has 1 aromatic rings. The Hall–Kier alpha value is -1.56. The lowest BCUT2D eigenvalue weighted by molar-refractivity contribution is 0.100. The second-order valence-corrected chi connectivity index (χ2v) is 6.41. The summed E-state index contributed by atoms with van der Waals surface area (Å²) in [7, 11) is -2.87. The zero-order valence-electron chi connectivity index (χ0n) is 9.22. The highest BCUT2D eigenvalue weighted by atomic mass is 32.2. The maximum Gasteiger partial charge on any atom is 0.248 e. The van der Waals surface area contributed by atoms with E-state index in [1.807, 2.05) is 0 Å². The van der Waals surface area contributed by atoms with Crippen LogP contribution in [0.3, 0.4) is 0 Å². The Kier molecular flexibility index (Phi) is 3.06. The molecule has 1 aliphatic rings. The third-order valence-corrected chi connectivity index (χ3v) is 4.54. The summed E-state index contributed by atoms with van der Waals surface area (Å²) in [6.45, 7) is 0. The van der Waals surface area contributed by atoms with Gasteiger partial charge in [0.25, 0.3) is 0 Å². The molecular weight excluding hydrogens is 240 g/mol. The number of primary amides is 1. The minimum atomic E-state index is -2.87. The normalized spacial score (nSPS) is 22.2. The molecule has 1 unspecified atom stereocenters. The molecule has 5 nitrogen and oxygen atoms in total. The first-order valence-corrected chi connectivity index (χ1v) is 7.15. The van der Waals surface area contributed by atoms with Crippen molar-refractivity contribution in [2.24, 2.45) is 5.73 Å². The highest BCUT2D eigenvalue weighted by Crippen LogP contribution is 2.17. The quantitative estimate of drug-likeness (QED) is 0.816. The van der Waals surface area contributed by atoms with E-state index in [0.717, 1.165) is 5.69 Å². The standard InChI is InChI=1S/C11H14N2O3S/c12-11(14)8-1-3-9(4-2-8)13-10-5-6-17(15,16)7-10/h1-4,10,13H,5-7H2,(H2,12,14). The number of hydrogen-bond acceptors (Lipinski definition) is 4. The van der Waals surface area contributed by atoms with Crippen LogP contribution in [-0.4, -0.2) is 31.9 Å². The monoisotopic (exact) mass is 254 g/mol. The van der Waals surface area contributed by atoms with Gasteiger partial charge < -0.3 is 11.1 Å². The highest BCUT2D eigenvalue weighted by molar-refractivity contribution is 7.91. The summed E-state index contributed by atoms with van der Waals surface area (Å²) in [4.78, 5) is 10.9. The molecule has 92 valence electrons. The molecular formula is C11H14N2O3S. The second kappa shape index (κ2) is 4.37. The zero-order valence-corrected chi connectivity index (χ0v) is 10.0. The summed E-state index contributed by atoms with van der Waals surface area (Å²) in [5, 5.41) is 3.13. The van der Waals surface area contributed by atoms with Crippen LogP contribution in [0.2, 0.25) is 0 Å². The molecule has 0 radical (unpaired) electrons. The molecule has 1 aliphatic heterocycles. The van der Waals surface area contributed by atoms with Crippen molar-refractivity contribution in [2.45, 2.75) is 12.5 Å². The molecule has 0 saturated carbocycles. The lowest BCUT2D eigenvalue weighted by Crippen LogP contribution is -2.20. The van der Waals surface area contributed by atoms with Crippen LogP contribution in [0, 0.1) is 0 Å². The summed E-state index contributed by atoms with van der Waals surface area (Å²) in [5.74, 6) is -0.0609. The molecule has 17 heavy (non-hydrogen) atoms. The van der Waals surface area contributed by atoms with Crippen LogP contribution in [0.15, 0.2) is 24.3 Å². The van der Waals surface area contributed by atoms with Crippen LogP contribution < -0.4 is 11.1 Å². The summed E-state index contributed by atoms with van der Waals surface area (Å²) in [5.41, 5.74) is 6.37. The molecule has 0 bridgehead atoms. The van der Waals surface area contributed by atoms with Crippen molar-refractivity contribution < 1.29 is 13.2 Å². The molecule has 1 fully saturated rings.